The number of rotatable bonds is 3. The van der Waals surface area contributed by atoms with Crippen LogP contribution in [0.5, 0.6) is 0 Å². The monoisotopic (exact) mass is 205 g/mol. The van der Waals surface area contributed by atoms with Crippen molar-refractivity contribution < 1.29 is 0 Å². The fourth-order valence-electron chi connectivity index (χ4n) is 1.48. The van der Waals surface area contributed by atoms with Crippen LogP contribution in [0, 0.1) is 0 Å². The van der Waals surface area contributed by atoms with Gasteiger partial charge in [0.2, 0.25) is 0 Å². The lowest BCUT2D eigenvalue weighted by molar-refractivity contribution is 0.644. The number of anilines is 1. The molecule has 2 rings (SSSR count). The average Bonchev–Trinajstić information content (AvgIpc) is 2.68. The fourth-order valence-corrected chi connectivity index (χ4v) is 1.48. The van der Waals surface area contributed by atoms with Gasteiger partial charge in [-0.3, -0.25) is 0 Å². The lowest BCUT2D eigenvalue weighted by Crippen LogP contribution is -2.27. The van der Waals surface area contributed by atoms with Gasteiger partial charge < -0.3 is 16.4 Å². The number of nitrogens with one attached hydrogen (secondary N) is 2. The minimum atomic E-state index is 0.293. The number of nitrogens with two attached hydrogens (primary N) is 1. The third kappa shape index (κ3) is 2.66. The Morgan fingerprint density at radius 2 is 2.47 bits per heavy atom. The molecule has 1 atom stereocenters. The Hall–Kier alpha value is -1.62. The molecule has 0 bridgehead atoms. The van der Waals surface area contributed by atoms with Crippen molar-refractivity contribution in [2.75, 3.05) is 18.4 Å². The first-order valence-electron chi connectivity index (χ1n) is 5.08. The molecule has 0 spiro atoms. The number of guanidine groups is 1. The van der Waals surface area contributed by atoms with E-state index in [0.717, 1.165) is 24.7 Å². The second-order valence-corrected chi connectivity index (χ2v) is 3.43. The molecule has 5 heteroatoms. The first-order valence-corrected chi connectivity index (χ1v) is 5.08. The fraction of sp³-hybridized carbons (Fsp3) is 0.400. The van der Waals surface area contributed by atoms with Crippen molar-refractivity contribution in [3.63, 3.8) is 0 Å². The summed E-state index contributed by atoms with van der Waals surface area (Å²) in [5, 5.41) is 6.30. The van der Waals surface area contributed by atoms with Crippen molar-refractivity contribution in [3.05, 3.63) is 24.4 Å². The number of nitrogens with zero attached hydrogens (tertiary/aromatic N) is 2. The second-order valence-electron chi connectivity index (χ2n) is 3.43. The molecule has 15 heavy (non-hydrogen) atoms. The Morgan fingerprint density at radius 1 is 1.53 bits per heavy atom. The summed E-state index contributed by atoms with van der Waals surface area (Å²) in [6.45, 7) is 1.53. The van der Waals surface area contributed by atoms with Crippen molar-refractivity contribution >= 4 is 11.8 Å². The standard InChI is InChI=1S/C10H15N5/c11-5-4-8-7-13-10(14-8)15-9-3-1-2-6-12-9/h1-3,6,8H,4-5,7,11H2,(H2,12,13,14,15). The van der Waals surface area contributed by atoms with Gasteiger partial charge in [0, 0.05) is 12.7 Å². The van der Waals surface area contributed by atoms with Crippen molar-refractivity contribution in [1.82, 2.24) is 10.3 Å². The Bertz CT molecular complexity index is 335. The van der Waals surface area contributed by atoms with E-state index in [0.29, 0.717) is 12.6 Å². The molecule has 0 aromatic carbocycles. The maximum atomic E-state index is 5.48. The predicted octanol–water partition coefficient (Wildman–Crippen LogP) is 0.170. The number of hydrogen-bond donors (Lipinski definition) is 3. The van der Waals surface area contributed by atoms with Crippen LogP contribution in [0.25, 0.3) is 0 Å². The van der Waals surface area contributed by atoms with Crippen LogP contribution in [0.15, 0.2) is 29.4 Å². The molecule has 1 aromatic rings. The van der Waals surface area contributed by atoms with E-state index in [9.17, 15) is 0 Å². The van der Waals surface area contributed by atoms with Gasteiger partial charge in [-0.1, -0.05) is 6.07 Å². The highest BCUT2D eigenvalue weighted by Gasteiger charge is 2.15. The Kier molecular flexibility index (Phi) is 3.14. The van der Waals surface area contributed by atoms with Crippen LogP contribution in [0.3, 0.4) is 0 Å². The Labute approximate surface area is 88.8 Å². The van der Waals surface area contributed by atoms with Crippen LogP contribution in [-0.2, 0) is 0 Å². The van der Waals surface area contributed by atoms with Crippen molar-refractivity contribution in [2.24, 2.45) is 10.7 Å². The maximum absolute atomic E-state index is 5.48. The van der Waals surface area contributed by atoms with E-state index >= 15 is 0 Å². The van der Waals surface area contributed by atoms with Crippen molar-refractivity contribution in [1.29, 1.82) is 0 Å². The molecule has 0 fully saturated rings. The molecule has 1 unspecified atom stereocenters. The Balaban J connectivity index is 1.94. The molecule has 80 valence electrons. The zero-order valence-corrected chi connectivity index (χ0v) is 8.48. The number of aliphatic imine (C=N–C) groups is 1. The van der Waals surface area contributed by atoms with Gasteiger partial charge in [-0.15, -0.1) is 0 Å². The lowest BCUT2D eigenvalue weighted by atomic mass is 10.2. The molecule has 4 N–H and O–H groups in total. The zero-order chi connectivity index (χ0) is 10.5. The molecule has 0 saturated heterocycles. The molecule has 0 amide bonds. The topological polar surface area (TPSA) is 75.3 Å². The molecule has 5 nitrogen and oxygen atoms in total. The van der Waals surface area contributed by atoms with E-state index in [-0.39, 0.29) is 0 Å². The summed E-state index contributed by atoms with van der Waals surface area (Å²) in [4.78, 5) is 8.60. The van der Waals surface area contributed by atoms with E-state index < -0.39 is 0 Å². The number of aromatic nitrogens is 1. The minimum Gasteiger partial charge on any atom is -0.354 e. The SMILES string of the molecule is NCCC1CNC(Nc2ccccn2)=N1. The van der Waals surface area contributed by atoms with E-state index in [4.69, 9.17) is 5.73 Å². The van der Waals surface area contributed by atoms with Crippen LogP contribution < -0.4 is 16.4 Å². The molecular formula is C10H15N5. The molecule has 1 aliphatic heterocycles. The van der Waals surface area contributed by atoms with E-state index in [2.05, 4.69) is 20.6 Å². The van der Waals surface area contributed by atoms with E-state index in [1.807, 2.05) is 18.2 Å². The third-order valence-electron chi connectivity index (χ3n) is 2.23. The van der Waals surface area contributed by atoms with Crippen molar-refractivity contribution in [2.45, 2.75) is 12.5 Å². The average molecular weight is 205 g/mol. The van der Waals surface area contributed by atoms with Gasteiger partial charge in [0.25, 0.3) is 0 Å². The van der Waals surface area contributed by atoms with Crippen LogP contribution in [0.4, 0.5) is 5.82 Å². The largest absolute Gasteiger partial charge is 0.354 e. The molecule has 0 saturated carbocycles. The predicted molar refractivity (Wildman–Crippen MR) is 60.8 cm³/mol. The molecular weight excluding hydrogens is 190 g/mol. The molecule has 2 heterocycles. The van der Waals surface area contributed by atoms with Gasteiger partial charge in [-0.25, -0.2) is 9.98 Å². The summed E-state index contributed by atoms with van der Waals surface area (Å²) in [6, 6.07) is 6.01. The second kappa shape index (κ2) is 4.75. The molecule has 1 aromatic heterocycles. The van der Waals surface area contributed by atoms with Crippen molar-refractivity contribution in [3.8, 4) is 0 Å². The third-order valence-corrected chi connectivity index (χ3v) is 2.23. The van der Waals surface area contributed by atoms with Crippen LogP contribution in [-0.4, -0.2) is 30.1 Å². The van der Waals surface area contributed by atoms with Gasteiger partial charge in [-0.05, 0) is 25.1 Å². The lowest BCUT2D eigenvalue weighted by Gasteiger charge is -2.03. The van der Waals surface area contributed by atoms with Gasteiger partial charge in [0.15, 0.2) is 5.96 Å². The summed E-state index contributed by atoms with van der Waals surface area (Å²) in [7, 11) is 0. The first kappa shape index (κ1) is 9.92. The number of hydrogen-bond acceptors (Lipinski definition) is 5. The highest BCUT2D eigenvalue weighted by Crippen LogP contribution is 2.05. The maximum Gasteiger partial charge on any atom is 0.197 e. The van der Waals surface area contributed by atoms with Gasteiger partial charge in [0.05, 0.1) is 6.04 Å². The molecule has 0 aliphatic carbocycles. The molecule has 0 radical (unpaired) electrons. The quantitative estimate of drug-likeness (QED) is 0.657. The normalized spacial score (nSPS) is 19.5. The Morgan fingerprint density at radius 3 is 3.20 bits per heavy atom. The summed E-state index contributed by atoms with van der Waals surface area (Å²) >= 11 is 0. The zero-order valence-electron chi connectivity index (χ0n) is 8.48. The van der Waals surface area contributed by atoms with Gasteiger partial charge in [0.1, 0.15) is 5.82 Å². The summed E-state index contributed by atoms with van der Waals surface area (Å²) in [5.74, 6) is 1.59. The van der Waals surface area contributed by atoms with E-state index in [1.54, 1.807) is 6.20 Å². The smallest absolute Gasteiger partial charge is 0.197 e. The van der Waals surface area contributed by atoms with Gasteiger partial charge in [-0.2, -0.15) is 0 Å². The van der Waals surface area contributed by atoms with Gasteiger partial charge >= 0.3 is 0 Å². The minimum absolute atomic E-state index is 0.293. The highest BCUT2D eigenvalue weighted by atomic mass is 15.2. The first-order chi connectivity index (χ1) is 7.38. The summed E-state index contributed by atoms with van der Waals surface area (Å²) < 4.78 is 0. The van der Waals surface area contributed by atoms with E-state index in [1.165, 1.54) is 0 Å². The van der Waals surface area contributed by atoms with Crippen LogP contribution in [0.2, 0.25) is 0 Å². The summed E-state index contributed by atoms with van der Waals surface area (Å²) in [6.07, 6.45) is 2.66. The number of pyridine rings is 1. The highest BCUT2D eigenvalue weighted by molar-refractivity contribution is 5.93. The van der Waals surface area contributed by atoms with Crippen LogP contribution in [0.1, 0.15) is 6.42 Å². The van der Waals surface area contributed by atoms with Crippen LogP contribution >= 0.6 is 0 Å². The summed E-state index contributed by atoms with van der Waals surface area (Å²) in [5.41, 5.74) is 5.48. The molecule has 1 aliphatic rings.